The van der Waals surface area contributed by atoms with Gasteiger partial charge in [-0.15, -0.1) is 0 Å². The van der Waals surface area contributed by atoms with Crippen LogP contribution < -0.4 is 5.73 Å². The molecule has 0 fully saturated rings. The highest BCUT2D eigenvalue weighted by molar-refractivity contribution is 6.12. The Morgan fingerprint density at radius 1 is 1.64 bits per heavy atom. The highest BCUT2D eigenvalue weighted by Crippen LogP contribution is 2.04. The average molecular weight is 154 g/mol. The van der Waals surface area contributed by atoms with E-state index in [1.165, 1.54) is 6.21 Å². The Morgan fingerprint density at radius 2 is 2.18 bits per heavy atom. The molecule has 1 amide bonds. The summed E-state index contributed by atoms with van der Waals surface area (Å²) < 4.78 is 0. The van der Waals surface area contributed by atoms with Gasteiger partial charge in [0.2, 0.25) is 5.91 Å². The van der Waals surface area contributed by atoms with Crippen LogP contribution in [-0.4, -0.2) is 19.2 Å². The molecule has 0 aliphatic rings. The second-order valence-corrected chi connectivity index (χ2v) is 2.30. The predicted molar refractivity (Wildman–Crippen MR) is 46.6 cm³/mol. The Kier molecular flexibility index (Phi) is 4.18. The third kappa shape index (κ3) is 2.98. The zero-order valence-corrected chi connectivity index (χ0v) is 7.22. The van der Waals surface area contributed by atoms with Crippen molar-refractivity contribution in [3.8, 4) is 0 Å². The molecular formula is C8H14N2O. The van der Waals surface area contributed by atoms with Crippen LogP contribution in [0.2, 0.25) is 0 Å². The van der Waals surface area contributed by atoms with E-state index in [0.717, 1.165) is 12.0 Å². The Morgan fingerprint density at radius 3 is 2.45 bits per heavy atom. The van der Waals surface area contributed by atoms with Crippen LogP contribution >= 0.6 is 0 Å². The van der Waals surface area contributed by atoms with Gasteiger partial charge in [0.25, 0.3) is 0 Å². The van der Waals surface area contributed by atoms with Gasteiger partial charge in [-0.1, -0.05) is 12.5 Å². The Bertz CT molecular complexity index is 204. The van der Waals surface area contributed by atoms with Gasteiger partial charge in [-0.3, -0.25) is 9.79 Å². The quantitative estimate of drug-likeness (QED) is 0.476. The highest BCUT2D eigenvalue weighted by atomic mass is 16.1. The van der Waals surface area contributed by atoms with Crippen molar-refractivity contribution < 1.29 is 4.79 Å². The van der Waals surface area contributed by atoms with E-state index in [1.54, 1.807) is 7.05 Å². The normalized spacial score (nSPS) is 13.4. The summed E-state index contributed by atoms with van der Waals surface area (Å²) in [6, 6.07) is 0. The van der Waals surface area contributed by atoms with Crippen molar-refractivity contribution in [3.63, 3.8) is 0 Å². The van der Waals surface area contributed by atoms with Crippen LogP contribution in [0.25, 0.3) is 0 Å². The first kappa shape index (κ1) is 9.88. The number of carbonyl (C=O) groups is 1. The fraction of sp³-hybridized carbons (Fsp3) is 0.500. The highest BCUT2D eigenvalue weighted by Gasteiger charge is 2.03. The standard InChI is InChI=1S/C8H14N2O/c1-4-6(2)7(5-10-3)8(9)11/h5H,4H2,1-3H3,(H2,9,11)/b7-6+,10-5?. The van der Waals surface area contributed by atoms with Crippen LogP contribution in [-0.2, 0) is 4.79 Å². The zero-order chi connectivity index (χ0) is 8.85. The van der Waals surface area contributed by atoms with Crippen molar-refractivity contribution in [3.05, 3.63) is 11.1 Å². The number of allylic oxidation sites excluding steroid dienone is 1. The lowest BCUT2D eigenvalue weighted by Gasteiger charge is -1.99. The molecule has 0 aromatic rings. The van der Waals surface area contributed by atoms with E-state index in [2.05, 4.69) is 4.99 Å². The van der Waals surface area contributed by atoms with Crippen LogP contribution in [0.4, 0.5) is 0 Å². The van der Waals surface area contributed by atoms with Crippen molar-refractivity contribution in [2.24, 2.45) is 10.7 Å². The minimum atomic E-state index is -0.407. The van der Waals surface area contributed by atoms with Gasteiger partial charge < -0.3 is 5.73 Å². The molecule has 0 unspecified atom stereocenters. The molecule has 62 valence electrons. The number of rotatable bonds is 3. The third-order valence-corrected chi connectivity index (χ3v) is 1.51. The van der Waals surface area contributed by atoms with Gasteiger partial charge in [-0.05, 0) is 13.3 Å². The maximum atomic E-state index is 10.8. The van der Waals surface area contributed by atoms with Gasteiger partial charge in [-0.25, -0.2) is 0 Å². The SMILES string of the molecule is CC/C(C)=C(\C=NC)C(N)=O. The second-order valence-electron chi connectivity index (χ2n) is 2.30. The zero-order valence-electron chi connectivity index (χ0n) is 7.22. The van der Waals surface area contributed by atoms with E-state index in [9.17, 15) is 4.79 Å². The van der Waals surface area contributed by atoms with E-state index in [0.29, 0.717) is 5.57 Å². The van der Waals surface area contributed by atoms with Gasteiger partial charge in [0.05, 0.1) is 5.57 Å². The summed E-state index contributed by atoms with van der Waals surface area (Å²) in [5.41, 5.74) is 6.61. The smallest absolute Gasteiger partial charge is 0.250 e. The fourth-order valence-corrected chi connectivity index (χ4v) is 0.704. The minimum Gasteiger partial charge on any atom is -0.366 e. The Balaban J connectivity index is 4.72. The number of aliphatic imine (C=N–C) groups is 1. The summed E-state index contributed by atoms with van der Waals surface area (Å²) >= 11 is 0. The molecule has 0 aliphatic carbocycles. The van der Waals surface area contributed by atoms with Crippen LogP contribution in [0.1, 0.15) is 20.3 Å². The number of hydrogen-bond acceptors (Lipinski definition) is 2. The first-order valence-electron chi connectivity index (χ1n) is 3.55. The lowest BCUT2D eigenvalue weighted by atomic mass is 10.1. The molecule has 0 aromatic heterocycles. The second kappa shape index (κ2) is 4.66. The Labute approximate surface area is 67.0 Å². The summed E-state index contributed by atoms with van der Waals surface area (Å²) in [7, 11) is 1.62. The Hall–Kier alpha value is -1.12. The molecule has 0 saturated heterocycles. The molecule has 11 heavy (non-hydrogen) atoms. The van der Waals surface area contributed by atoms with Crippen LogP contribution in [0.3, 0.4) is 0 Å². The molecule has 0 rings (SSSR count). The van der Waals surface area contributed by atoms with Gasteiger partial charge in [0.15, 0.2) is 0 Å². The summed E-state index contributed by atoms with van der Waals surface area (Å²) in [5, 5.41) is 0. The molecule has 3 nitrogen and oxygen atoms in total. The third-order valence-electron chi connectivity index (χ3n) is 1.51. The van der Waals surface area contributed by atoms with Crippen LogP contribution in [0, 0.1) is 0 Å². The topological polar surface area (TPSA) is 55.4 Å². The molecule has 0 aromatic carbocycles. The van der Waals surface area contributed by atoms with Gasteiger partial charge in [-0.2, -0.15) is 0 Å². The molecule has 0 spiro atoms. The van der Waals surface area contributed by atoms with Gasteiger partial charge in [0.1, 0.15) is 0 Å². The van der Waals surface area contributed by atoms with E-state index < -0.39 is 5.91 Å². The predicted octanol–water partition coefficient (Wildman–Crippen LogP) is 0.899. The number of carbonyl (C=O) groups excluding carboxylic acids is 1. The van der Waals surface area contributed by atoms with Crippen molar-refractivity contribution >= 4 is 12.1 Å². The molecule has 3 heteroatoms. The fourth-order valence-electron chi connectivity index (χ4n) is 0.704. The van der Waals surface area contributed by atoms with E-state index >= 15 is 0 Å². The molecule has 0 saturated carbocycles. The summed E-state index contributed by atoms with van der Waals surface area (Å²) in [5.74, 6) is -0.407. The number of amides is 1. The van der Waals surface area contributed by atoms with Crippen molar-refractivity contribution in [1.29, 1.82) is 0 Å². The molecule has 0 heterocycles. The number of primary amides is 1. The molecular weight excluding hydrogens is 140 g/mol. The molecule has 2 N–H and O–H groups in total. The average Bonchev–Trinajstić information content (AvgIpc) is 1.98. The maximum Gasteiger partial charge on any atom is 0.250 e. The monoisotopic (exact) mass is 154 g/mol. The summed E-state index contributed by atoms with van der Waals surface area (Å²) in [4.78, 5) is 14.5. The first-order chi connectivity index (χ1) is 5.13. The van der Waals surface area contributed by atoms with Crippen molar-refractivity contribution in [2.45, 2.75) is 20.3 Å². The number of hydrogen-bond donors (Lipinski definition) is 1. The molecule has 0 bridgehead atoms. The molecule has 0 atom stereocenters. The summed E-state index contributed by atoms with van der Waals surface area (Å²) in [6.45, 7) is 3.85. The number of nitrogens with zero attached hydrogens (tertiary/aromatic N) is 1. The van der Waals surface area contributed by atoms with E-state index in [4.69, 9.17) is 5.73 Å². The van der Waals surface area contributed by atoms with Crippen LogP contribution in [0.15, 0.2) is 16.1 Å². The van der Waals surface area contributed by atoms with Crippen molar-refractivity contribution in [2.75, 3.05) is 7.05 Å². The summed E-state index contributed by atoms with van der Waals surface area (Å²) in [6.07, 6.45) is 2.32. The minimum absolute atomic E-state index is 0.407. The van der Waals surface area contributed by atoms with Crippen molar-refractivity contribution in [1.82, 2.24) is 0 Å². The van der Waals surface area contributed by atoms with E-state index in [1.807, 2.05) is 13.8 Å². The molecule has 0 aliphatic heterocycles. The maximum absolute atomic E-state index is 10.8. The largest absolute Gasteiger partial charge is 0.366 e. The number of nitrogens with two attached hydrogens (primary N) is 1. The lowest BCUT2D eigenvalue weighted by molar-refractivity contribution is -0.114. The van der Waals surface area contributed by atoms with Gasteiger partial charge >= 0.3 is 0 Å². The van der Waals surface area contributed by atoms with Gasteiger partial charge in [0, 0.05) is 13.3 Å². The van der Waals surface area contributed by atoms with Crippen LogP contribution in [0.5, 0.6) is 0 Å². The first-order valence-corrected chi connectivity index (χ1v) is 3.55. The van der Waals surface area contributed by atoms with E-state index in [-0.39, 0.29) is 0 Å². The lowest BCUT2D eigenvalue weighted by Crippen LogP contribution is -2.16. The molecule has 0 radical (unpaired) electrons.